The van der Waals surface area contributed by atoms with E-state index < -0.39 is 6.04 Å². The minimum atomic E-state index is -0.467. The van der Waals surface area contributed by atoms with Crippen molar-refractivity contribution in [2.45, 2.75) is 58.5 Å². The van der Waals surface area contributed by atoms with Crippen LogP contribution in [0.5, 0.6) is 0 Å². The number of tetrazole rings is 1. The molecule has 1 amide bonds. The first-order valence-corrected chi connectivity index (χ1v) is 8.71. The molecule has 0 aliphatic heterocycles. The van der Waals surface area contributed by atoms with Gasteiger partial charge in [-0.1, -0.05) is 49.6 Å². The van der Waals surface area contributed by atoms with Crippen LogP contribution in [0.4, 0.5) is 0 Å². The maximum Gasteiger partial charge on any atom is 0.246 e. The zero-order valence-electron chi connectivity index (χ0n) is 14.6. The molecule has 24 heavy (non-hydrogen) atoms. The number of hydrogen-bond donors (Lipinski definition) is 1. The Hall–Kier alpha value is -2.24. The maximum atomic E-state index is 12.5. The van der Waals surface area contributed by atoms with Gasteiger partial charge in [-0.05, 0) is 37.8 Å². The van der Waals surface area contributed by atoms with Gasteiger partial charge in [-0.25, -0.2) is 0 Å². The van der Waals surface area contributed by atoms with Gasteiger partial charge in [-0.15, -0.1) is 10.2 Å². The van der Waals surface area contributed by atoms with Crippen molar-refractivity contribution in [3.8, 4) is 11.4 Å². The van der Waals surface area contributed by atoms with Crippen LogP contribution in [-0.4, -0.2) is 32.2 Å². The molecule has 1 aromatic heterocycles. The van der Waals surface area contributed by atoms with Gasteiger partial charge >= 0.3 is 0 Å². The maximum absolute atomic E-state index is 12.5. The van der Waals surface area contributed by atoms with E-state index in [0.29, 0.717) is 11.7 Å². The van der Waals surface area contributed by atoms with Crippen LogP contribution in [-0.2, 0) is 4.79 Å². The quantitative estimate of drug-likeness (QED) is 0.937. The summed E-state index contributed by atoms with van der Waals surface area (Å²) in [5.74, 6) is 1.03. The fraction of sp³-hybridized carbons (Fsp3) is 0.556. The molecule has 1 aliphatic rings. The summed E-state index contributed by atoms with van der Waals surface area (Å²) in [5, 5.41) is 15.7. The third-order valence-electron chi connectivity index (χ3n) is 4.90. The standard InChI is InChI=1S/C18H25N5O/c1-12-8-10-15(11-9-12)17-20-22-23(21-17)14(3)18(24)19-16-7-5-4-6-13(16)2/h8-11,13-14,16H,4-7H2,1-3H3,(H,19,24)/t13-,14+,16-/m0/s1. The molecule has 1 saturated carbocycles. The monoisotopic (exact) mass is 327 g/mol. The number of aromatic nitrogens is 4. The summed E-state index contributed by atoms with van der Waals surface area (Å²) in [7, 11) is 0. The second-order valence-electron chi connectivity index (χ2n) is 6.85. The smallest absolute Gasteiger partial charge is 0.246 e. The first-order valence-electron chi connectivity index (χ1n) is 8.71. The molecule has 0 radical (unpaired) electrons. The first-order chi connectivity index (χ1) is 11.5. The van der Waals surface area contributed by atoms with Crippen LogP contribution in [0, 0.1) is 12.8 Å². The SMILES string of the molecule is Cc1ccc(-c2nnn([C@H](C)C(=O)N[C@H]3CCCC[C@@H]3C)n2)cc1. The van der Waals surface area contributed by atoms with Crippen molar-refractivity contribution in [2.75, 3.05) is 0 Å². The lowest BCUT2D eigenvalue weighted by molar-refractivity contribution is -0.125. The van der Waals surface area contributed by atoms with Crippen LogP contribution in [0.25, 0.3) is 11.4 Å². The summed E-state index contributed by atoms with van der Waals surface area (Å²) in [4.78, 5) is 13.9. The lowest BCUT2D eigenvalue weighted by atomic mass is 9.86. The fourth-order valence-electron chi connectivity index (χ4n) is 3.15. The fourth-order valence-corrected chi connectivity index (χ4v) is 3.15. The molecular weight excluding hydrogens is 302 g/mol. The van der Waals surface area contributed by atoms with Crippen LogP contribution in [0.3, 0.4) is 0 Å². The minimum Gasteiger partial charge on any atom is -0.351 e. The van der Waals surface area contributed by atoms with E-state index in [0.717, 1.165) is 12.0 Å². The van der Waals surface area contributed by atoms with E-state index in [9.17, 15) is 4.79 Å². The molecule has 0 saturated heterocycles. The normalized spacial score (nSPS) is 22.1. The van der Waals surface area contributed by atoms with Gasteiger partial charge in [0.1, 0.15) is 6.04 Å². The Kier molecular flexibility index (Phi) is 4.92. The number of nitrogens with zero attached hydrogens (tertiary/aromatic N) is 4. The molecule has 1 heterocycles. The molecule has 1 fully saturated rings. The summed E-state index contributed by atoms with van der Waals surface area (Å²) >= 11 is 0. The number of amides is 1. The predicted molar refractivity (Wildman–Crippen MR) is 92.3 cm³/mol. The van der Waals surface area contributed by atoms with Crippen molar-refractivity contribution in [2.24, 2.45) is 5.92 Å². The zero-order valence-corrected chi connectivity index (χ0v) is 14.6. The van der Waals surface area contributed by atoms with Crippen molar-refractivity contribution in [1.82, 2.24) is 25.5 Å². The number of carbonyl (C=O) groups is 1. The summed E-state index contributed by atoms with van der Waals surface area (Å²) < 4.78 is 0. The highest BCUT2D eigenvalue weighted by molar-refractivity contribution is 5.80. The summed E-state index contributed by atoms with van der Waals surface area (Å²) in [5.41, 5.74) is 2.08. The number of benzene rings is 1. The van der Waals surface area contributed by atoms with Gasteiger partial charge in [0.15, 0.2) is 0 Å². The number of aryl methyl sites for hydroxylation is 1. The summed E-state index contributed by atoms with van der Waals surface area (Å²) in [6, 6.07) is 7.74. The third-order valence-corrected chi connectivity index (χ3v) is 4.90. The summed E-state index contributed by atoms with van der Waals surface area (Å²) in [6.45, 7) is 6.05. The first kappa shape index (κ1) is 16.6. The van der Waals surface area contributed by atoms with E-state index in [1.54, 1.807) is 0 Å². The third kappa shape index (κ3) is 3.63. The predicted octanol–water partition coefficient (Wildman–Crippen LogP) is 2.90. The molecule has 128 valence electrons. The van der Waals surface area contributed by atoms with Crippen molar-refractivity contribution < 1.29 is 4.79 Å². The van der Waals surface area contributed by atoms with E-state index >= 15 is 0 Å². The minimum absolute atomic E-state index is 0.0402. The number of rotatable bonds is 4. The molecule has 2 aromatic rings. The molecular formula is C18H25N5O. The second kappa shape index (κ2) is 7.11. The molecule has 0 bridgehead atoms. The molecule has 1 N–H and O–H groups in total. The van der Waals surface area contributed by atoms with E-state index in [1.165, 1.54) is 29.6 Å². The highest BCUT2D eigenvalue weighted by Gasteiger charge is 2.26. The lowest BCUT2D eigenvalue weighted by Gasteiger charge is -2.30. The molecule has 6 nitrogen and oxygen atoms in total. The largest absolute Gasteiger partial charge is 0.351 e. The number of nitrogens with one attached hydrogen (secondary N) is 1. The van der Waals surface area contributed by atoms with Crippen LogP contribution < -0.4 is 5.32 Å². The molecule has 0 spiro atoms. The topological polar surface area (TPSA) is 72.7 Å². The molecule has 0 unspecified atom stereocenters. The van der Waals surface area contributed by atoms with E-state index in [1.807, 2.05) is 38.1 Å². The van der Waals surface area contributed by atoms with Crippen LogP contribution in [0.2, 0.25) is 0 Å². The molecule has 3 atom stereocenters. The van der Waals surface area contributed by atoms with Gasteiger partial charge in [0.25, 0.3) is 0 Å². The van der Waals surface area contributed by atoms with E-state index in [4.69, 9.17) is 0 Å². The van der Waals surface area contributed by atoms with Gasteiger partial charge in [0, 0.05) is 11.6 Å². The van der Waals surface area contributed by atoms with Crippen LogP contribution >= 0.6 is 0 Å². The van der Waals surface area contributed by atoms with Gasteiger partial charge in [0.2, 0.25) is 11.7 Å². The van der Waals surface area contributed by atoms with Gasteiger partial charge in [-0.2, -0.15) is 4.80 Å². The van der Waals surface area contributed by atoms with Crippen molar-refractivity contribution >= 4 is 5.91 Å². The Bertz CT molecular complexity index is 694. The molecule has 1 aromatic carbocycles. The molecule has 3 rings (SSSR count). The lowest BCUT2D eigenvalue weighted by Crippen LogP contribution is -2.44. The molecule has 1 aliphatic carbocycles. The van der Waals surface area contributed by atoms with Crippen LogP contribution in [0.1, 0.15) is 51.1 Å². The summed E-state index contributed by atoms with van der Waals surface area (Å²) in [6.07, 6.45) is 4.67. The van der Waals surface area contributed by atoms with Crippen LogP contribution in [0.15, 0.2) is 24.3 Å². The van der Waals surface area contributed by atoms with Crippen molar-refractivity contribution in [3.63, 3.8) is 0 Å². The van der Waals surface area contributed by atoms with Gasteiger partial charge in [-0.3, -0.25) is 4.79 Å². The Morgan fingerprint density at radius 3 is 2.67 bits per heavy atom. The zero-order chi connectivity index (χ0) is 17.1. The average molecular weight is 327 g/mol. The van der Waals surface area contributed by atoms with Gasteiger partial charge < -0.3 is 5.32 Å². The van der Waals surface area contributed by atoms with E-state index in [2.05, 4.69) is 27.7 Å². The Morgan fingerprint density at radius 2 is 1.96 bits per heavy atom. The number of hydrogen-bond acceptors (Lipinski definition) is 4. The van der Waals surface area contributed by atoms with E-state index in [-0.39, 0.29) is 11.9 Å². The highest BCUT2D eigenvalue weighted by Crippen LogP contribution is 2.24. The highest BCUT2D eigenvalue weighted by atomic mass is 16.2. The molecule has 6 heteroatoms. The van der Waals surface area contributed by atoms with Crippen molar-refractivity contribution in [1.29, 1.82) is 0 Å². The second-order valence-corrected chi connectivity index (χ2v) is 6.85. The van der Waals surface area contributed by atoms with Gasteiger partial charge in [0.05, 0.1) is 0 Å². The van der Waals surface area contributed by atoms with Crippen molar-refractivity contribution in [3.05, 3.63) is 29.8 Å². The Balaban J connectivity index is 1.67. The average Bonchev–Trinajstić information content (AvgIpc) is 3.07. The Labute approximate surface area is 142 Å². The Morgan fingerprint density at radius 1 is 1.25 bits per heavy atom. The number of carbonyl (C=O) groups excluding carboxylic acids is 1.